The van der Waals surface area contributed by atoms with Gasteiger partial charge in [0.05, 0.1) is 84.8 Å². The Kier molecular flexibility index (Phi) is 68.7. The molecule has 24 nitrogen and oxygen atoms in total. The van der Waals surface area contributed by atoms with Crippen LogP contribution in [0.2, 0.25) is 0 Å². The number of Topliss-reactive ketones (excluding diaryl/α,β-unsaturated/α-hetero) is 3. The minimum atomic E-state index is -0.758. The lowest BCUT2D eigenvalue weighted by Gasteiger charge is -2.22. The van der Waals surface area contributed by atoms with E-state index >= 15 is 0 Å². The zero-order valence-corrected chi connectivity index (χ0v) is 77.6. The number of halogens is 1. The number of ketones is 3. The SMILES string of the molecule is CC(C)(C)N.CC(C)(CCCCCC(O)CCCCCC(C)(C)C(=O)O)C(=O)O.CCOC(=O)C(CCCCC(C)(C)C(=O)OCC)C(=O)CCCCCC(C)(C)C(=O)OCC.CCOC(=O)C(CCCCC(C)(C)C(=O)OCC)C(=O)CCCCCI.CCOC(=O)C(CCCCC(C)(C)C(=O)OCC)C(=O)CCCCCO. The van der Waals surface area contributed by atoms with Crippen LogP contribution in [0.4, 0.5) is 0 Å². The summed E-state index contributed by atoms with van der Waals surface area (Å²) in [6.45, 7) is 42.4. The molecule has 0 saturated heterocycles. The van der Waals surface area contributed by atoms with Crippen LogP contribution < -0.4 is 5.73 Å². The van der Waals surface area contributed by atoms with Gasteiger partial charge in [-0.2, -0.15) is 0 Å². The van der Waals surface area contributed by atoms with Crippen LogP contribution in [-0.4, -0.2) is 160 Å². The number of aliphatic carboxylic acids is 2. The van der Waals surface area contributed by atoms with Gasteiger partial charge in [0.25, 0.3) is 0 Å². The lowest BCUT2D eigenvalue weighted by molar-refractivity contribution is -0.154. The second kappa shape index (κ2) is 66.7. The molecule has 3 atom stereocenters. The summed E-state index contributed by atoms with van der Waals surface area (Å²) in [6, 6.07) is 0. The average molecular weight is 1740 g/mol. The van der Waals surface area contributed by atoms with Gasteiger partial charge in [-0.15, -0.1) is 0 Å². The standard InChI is InChI=1S/C26H46O7.C20H35IO5.C20H36O6.C19H36O5.C4H11N/c1-8-31-22(28)20(16-13-15-19-26(6,7)24(30)33-10-3)21(27)17-12-11-14-18-25(4,5)23(29)32-9-2;2*1-5-25-18(23)16(17(22)13-8-7-11-15-21)12-9-10-14-20(3,4)19(24)26-6-2;1-18(2,16(21)22)13-9-5-7-11-15(20)12-8-6-10-14-19(3,4)17(23)24;1-4(2,3)5/h20H,8-19H2,1-7H3;16H,5-15H2,1-4H3;16,21H,5-15H2,1-4H3;15,20H,5-14H2,1-4H3,(H,21,22)(H,23,24);5H2,1-3H3. The van der Waals surface area contributed by atoms with Gasteiger partial charge < -0.3 is 59.3 Å². The van der Waals surface area contributed by atoms with Gasteiger partial charge in [-0.1, -0.05) is 125 Å². The van der Waals surface area contributed by atoms with Crippen LogP contribution in [-0.2, 0) is 90.7 Å². The smallest absolute Gasteiger partial charge is 0.316 e. The van der Waals surface area contributed by atoms with Crippen LogP contribution in [0.1, 0.15) is 377 Å². The van der Waals surface area contributed by atoms with Crippen molar-refractivity contribution in [2.45, 2.75) is 389 Å². The lowest BCUT2D eigenvalue weighted by atomic mass is 9.85. The van der Waals surface area contributed by atoms with E-state index in [0.717, 1.165) is 114 Å². The van der Waals surface area contributed by atoms with E-state index in [1.54, 1.807) is 76.2 Å². The van der Waals surface area contributed by atoms with Gasteiger partial charge in [0.15, 0.2) is 0 Å². The van der Waals surface area contributed by atoms with Crippen LogP contribution in [0.15, 0.2) is 0 Å². The van der Waals surface area contributed by atoms with Crippen molar-refractivity contribution in [3.8, 4) is 0 Å². The quantitative estimate of drug-likeness (QED) is 0.00943. The van der Waals surface area contributed by atoms with Gasteiger partial charge in [-0.25, -0.2) is 0 Å². The molecule has 0 aliphatic rings. The maximum absolute atomic E-state index is 12.7. The fraction of sp³-hybridized carbons (Fsp3) is 0.865. The van der Waals surface area contributed by atoms with Crippen molar-refractivity contribution < 1.29 is 111 Å². The van der Waals surface area contributed by atoms with Gasteiger partial charge in [0.1, 0.15) is 35.1 Å². The number of aliphatic hydroxyl groups excluding tert-OH is 2. The van der Waals surface area contributed by atoms with Crippen LogP contribution in [0, 0.1) is 50.2 Å². The van der Waals surface area contributed by atoms with Crippen LogP contribution in [0.3, 0.4) is 0 Å². The molecule has 0 rings (SSSR count). The third-order valence-corrected chi connectivity index (χ3v) is 20.3. The number of alkyl halides is 1. The van der Waals surface area contributed by atoms with Gasteiger partial charge in [-0.05, 0) is 259 Å². The molecule has 0 amide bonds. The number of carbonyl (C=O) groups is 12. The summed E-state index contributed by atoms with van der Waals surface area (Å²) in [5.41, 5.74) is 1.79. The molecule has 0 radical (unpaired) electrons. The maximum Gasteiger partial charge on any atom is 0.316 e. The highest BCUT2D eigenvalue weighted by atomic mass is 127. The molecule has 670 valence electrons. The first-order chi connectivity index (χ1) is 53.0. The number of unbranched alkanes of at least 4 members (excludes halogenated alkanes) is 13. The zero-order chi connectivity index (χ0) is 88.8. The van der Waals surface area contributed by atoms with Crippen LogP contribution in [0.5, 0.6) is 0 Å². The fourth-order valence-corrected chi connectivity index (χ4v) is 12.3. The highest BCUT2D eigenvalue weighted by Crippen LogP contribution is 2.32. The van der Waals surface area contributed by atoms with Gasteiger partial charge in [0, 0.05) is 31.4 Å². The molecule has 25 heteroatoms. The first kappa shape index (κ1) is 117. The van der Waals surface area contributed by atoms with Crippen molar-refractivity contribution >= 4 is 93.7 Å². The monoisotopic (exact) mass is 1740 g/mol. The molecule has 0 saturated carbocycles. The Hall–Kier alpha value is -5.15. The molecule has 0 fully saturated rings. The number of hydrogen-bond acceptors (Lipinski definition) is 22. The van der Waals surface area contributed by atoms with Crippen molar-refractivity contribution in [3.63, 3.8) is 0 Å². The highest BCUT2D eigenvalue weighted by Gasteiger charge is 2.36. The number of carbonyl (C=O) groups excluding carboxylic acids is 10. The molecular formula is C89H164INO23. The average Bonchev–Trinajstić information content (AvgIpc) is 0.880. The molecule has 6 N–H and O–H groups in total. The van der Waals surface area contributed by atoms with E-state index < -0.39 is 80.1 Å². The molecule has 3 unspecified atom stereocenters. The largest absolute Gasteiger partial charge is 0.481 e. The summed E-state index contributed by atoms with van der Waals surface area (Å²) in [4.78, 5) is 144. The summed E-state index contributed by atoms with van der Waals surface area (Å²) in [7, 11) is 0. The molecule has 0 aromatic carbocycles. The minimum Gasteiger partial charge on any atom is -0.481 e. The number of rotatable bonds is 62. The zero-order valence-electron chi connectivity index (χ0n) is 75.4. The Morgan fingerprint density at radius 2 is 0.500 bits per heavy atom. The molecule has 0 heterocycles. The summed E-state index contributed by atoms with van der Waals surface area (Å²) >= 11 is 2.33. The van der Waals surface area contributed by atoms with E-state index in [0.29, 0.717) is 142 Å². The van der Waals surface area contributed by atoms with Crippen molar-refractivity contribution in [2.24, 2.45) is 56.0 Å². The van der Waals surface area contributed by atoms with Crippen LogP contribution >= 0.6 is 22.6 Å². The number of esters is 7. The summed E-state index contributed by atoms with van der Waals surface area (Å²) in [5, 5.41) is 36.8. The number of nitrogens with two attached hydrogens (primary N) is 1. The molecule has 0 aromatic heterocycles. The van der Waals surface area contributed by atoms with E-state index in [1.807, 2.05) is 76.2 Å². The topological polar surface area (TPSA) is 376 Å². The summed E-state index contributed by atoms with van der Waals surface area (Å²) < 4.78 is 36.7. The normalized spacial score (nSPS) is 12.6. The maximum atomic E-state index is 12.7. The fourth-order valence-electron chi connectivity index (χ4n) is 11.7. The van der Waals surface area contributed by atoms with Gasteiger partial charge >= 0.3 is 53.7 Å². The molecule has 0 aliphatic heterocycles. The number of aliphatic hydroxyl groups is 2. The third-order valence-electron chi connectivity index (χ3n) is 19.5. The van der Waals surface area contributed by atoms with E-state index in [-0.39, 0.29) is 79.3 Å². The first-order valence-electron chi connectivity index (χ1n) is 42.9. The van der Waals surface area contributed by atoms with E-state index in [4.69, 9.17) is 54.2 Å². The third kappa shape index (κ3) is 62.1. The Morgan fingerprint density at radius 3 is 0.719 bits per heavy atom. The number of hydrogen-bond donors (Lipinski definition) is 5. The van der Waals surface area contributed by atoms with Gasteiger partial charge in [0.2, 0.25) is 0 Å². The van der Waals surface area contributed by atoms with Crippen molar-refractivity contribution in [2.75, 3.05) is 57.3 Å². The van der Waals surface area contributed by atoms with E-state index in [9.17, 15) is 62.6 Å². The number of carboxylic acid groups (broad SMARTS) is 2. The highest BCUT2D eigenvalue weighted by molar-refractivity contribution is 14.1. The summed E-state index contributed by atoms with van der Waals surface area (Å²) in [5.74, 6) is -6.03. The number of ether oxygens (including phenoxy) is 7. The van der Waals surface area contributed by atoms with Crippen molar-refractivity contribution in [1.29, 1.82) is 0 Å². The molecule has 114 heavy (non-hydrogen) atoms. The van der Waals surface area contributed by atoms with Gasteiger partial charge in [-0.3, -0.25) is 57.5 Å². The summed E-state index contributed by atoms with van der Waals surface area (Å²) in [6.07, 6.45) is 24.7. The van der Waals surface area contributed by atoms with E-state index in [1.165, 1.54) is 0 Å². The molecule has 0 spiro atoms. The Balaban J connectivity index is -0.000000456. The van der Waals surface area contributed by atoms with Crippen LogP contribution in [0.25, 0.3) is 0 Å². The Morgan fingerprint density at radius 1 is 0.298 bits per heavy atom. The lowest BCUT2D eigenvalue weighted by Crippen LogP contribution is -2.28. The molecule has 0 aromatic rings. The molecule has 0 bridgehead atoms. The second-order valence-electron chi connectivity index (χ2n) is 34.7. The predicted molar refractivity (Wildman–Crippen MR) is 457 cm³/mol. The first-order valence-corrected chi connectivity index (χ1v) is 44.4. The Bertz CT molecular complexity index is 2540. The number of carboxylic acids is 2. The molecule has 0 aliphatic carbocycles. The van der Waals surface area contributed by atoms with Crippen molar-refractivity contribution in [3.05, 3.63) is 0 Å². The Labute approximate surface area is 702 Å². The van der Waals surface area contributed by atoms with Crippen molar-refractivity contribution in [1.82, 2.24) is 0 Å². The minimum absolute atomic E-state index is 0. The van der Waals surface area contributed by atoms with E-state index in [2.05, 4.69) is 22.6 Å². The second-order valence-corrected chi connectivity index (χ2v) is 35.7. The predicted octanol–water partition coefficient (Wildman–Crippen LogP) is 19.0. The molecular weight excluding hydrogens is 1580 g/mol.